The molecule has 0 aliphatic heterocycles. The van der Waals surface area contributed by atoms with Gasteiger partial charge in [0.15, 0.2) is 0 Å². The number of aryl methyl sites for hydroxylation is 1. The van der Waals surface area contributed by atoms with Gasteiger partial charge in [0.05, 0.1) is 5.69 Å². The molecule has 0 unspecified atom stereocenters. The third-order valence-electron chi connectivity index (χ3n) is 3.22. The summed E-state index contributed by atoms with van der Waals surface area (Å²) in [5, 5.41) is 5.59. The summed E-state index contributed by atoms with van der Waals surface area (Å²) < 4.78 is 0. The van der Waals surface area contributed by atoms with E-state index in [1.54, 1.807) is 0 Å². The molecule has 1 fully saturated rings. The van der Waals surface area contributed by atoms with E-state index in [0.29, 0.717) is 0 Å². The molecular weight excluding hydrogens is 248 g/mol. The third kappa shape index (κ3) is 3.97. The third-order valence-corrected chi connectivity index (χ3v) is 5.94. The van der Waals surface area contributed by atoms with E-state index in [9.17, 15) is 0 Å². The molecule has 2 nitrogen and oxygen atoms in total. The van der Waals surface area contributed by atoms with Crippen molar-refractivity contribution in [3.8, 4) is 0 Å². The van der Waals surface area contributed by atoms with Crippen molar-refractivity contribution in [2.24, 2.45) is 0 Å². The lowest BCUT2D eigenvalue weighted by Crippen LogP contribution is -2.11. The maximum Gasteiger partial charge on any atom is 0.103 e. The highest BCUT2D eigenvalue weighted by molar-refractivity contribution is 7.99. The first-order chi connectivity index (χ1) is 8.29. The Balaban J connectivity index is 1.83. The highest BCUT2D eigenvalue weighted by atomic mass is 32.2. The largest absolute Gasteiger partial charge is 0.312 e. The Bertz CT molecular complexity index is 343. The molecule has 1 saturated carbocycles. The zero-order chi connectivity index (χ0) is 12.1. The summed E-state index contributed by atoms with van der Waals surface area (Å²) in [4.78, 5) is 6.09. The van der Waals surface area contributed by atoms with Crippen LogP contribution in [0.4, 0.5) is 0 Å². The van der Waals surface area contributed by atoms with Crippen LogP contribution in [0.15, 0.2) is 0 Å². The van der Waals surface area contributed by atoms with Crippen molar-refractivity contribution in [2.75, 3.05) is 6.54 Å². The zero-order valence-corrected chi connectivity index (χ0v) is 12.4. The zero-order valence-electron chi connectivity index (χ0n) is 10.8. The SMILES string of the molecule is CCNCc1sc(CSC2CCCC2)nc1C. The van der Waals surface area contributed by atoms with E-state index < -0.39 is 0 Å². The van der Waals surface area contributed by atoms with Gasteiger partial charge in [0.25, 0.3) is 0 Å². The summed E-state index contributed by atoms with van der Waals surface area (Å²) in [6.45, 7) is 6.29. The summed E-state index contributed by atoms with van der Waals surface area (Å²) in [5.74, 6) is 1.11. The highest BCUT2D eigenvalue weighted by Crippen LogP contribution is 2.32. The Morgan fingerprint density at radius 3 is 2.88 bits per heavy atom. The molecular formula is C13H22N2S2. The molecule has 4 heteroatoms. The van der Waals surface area contributed by atoms with Gasteiger partial charge in [-0.05, 0) is 26.3 Å². The number of thioether (sulfide) groups is 1. The Kier molecular flexibility index (Phi) is 5.32. The van der Waals surface area contributed by atoms with Crippen LogP contribution in [0, 0.1) is 6.92 Å². The van der Waals surface area contributed by atoms with Gasteiger partial charge in [0.2, 0.25) is 0 Å². The fourth-order valence-corrected chi connectivity index (χ4v) is 4.58. The minimum absolute atomic E-state index is 0.899. The Morgan fingerprint density at radius 2 is 2.18 bits per heavy atom. The van der Waals surface area contributed by atoms with E-state index in [0.717, 1.165) is 24.1 Å². The van der Waals surface area contributed by atoms with Gasteiger partial charge in [0.1, 0.15) is 5.01 Å². The molecule has 1 N–H and O–H groups in total. The van der Waals surface area contributed by atoms with Gasteiger partial charge in [-0.25, -0.2) is 4.98 Å². The highest BCUT2D eigenvalue weighted by Gasteiger charge is 2.16. The normalized spacial score (nSPS) is 16.8. The molecule has 0 aromatic carbocycles. The smallest absolute Gasteiger partial charge is 0.103 e. The van der Waals surface area contributed by atoms with Gasteiger partial charge in [-0.15, -0.1) is 11.3 Å². The second kappa shape index (κ2) is 6.76. The molecule has 0 spiro atoms. The first kappa shape index (κ1) is 13.4. The fourth-order valence-electron chi connectivity index (χ4n) is 2.20. The summed E-state index contributed by atoms with van der Waals surface area (Å²) in [6.07, 6.45) is 5.69. The van der Waals surface area contributed by atoms with Crippen LogP contribution in [0.1, 0.15) is 48.2 Å². The van der Waals surface area contributed by atoms with Crippen LogP contribution in [-0.4, -0.2) is 16.8 Å². The second-order valence-corrected chi connectivity index (χ2v) is 7.07. The van der Waals surface area contributed by atoms with Crippen molar-refractivity contribution >= 4 is 23.1 Å². The van der Waals surface area contributed by atoms with E-state index in [1.807, 2.05) is 11.3 Å². The molecule has 0 bridgehead atoms. The maximum atomic E-state index is 4.68. The van der Waals surface area contributed by atoms with Gasteiger partial charge < -0.3 is 5.32 Å². The van der Waals surface area contributed by atoms with E-state index in [-0.39, 0.29) is 0 Å². The molecule has 0 amide bonds. The number of nitrogens with zero attached hydrogens (tertiary/aromatic N) is 1. The first-order valence-electron chi connectivity index (χ1n) is 6.57. The summed E-state index contributed by atoms with van der Waals surface area (Å²) in [5.41, 5.74) is 1.22. The Morgan fingerprint density at radius 1 is 1.41 bits per heavy atom. The molecule has 1 aromatic rings. The lowest BCUT2D eigenvalue weighted by molar-refractivity contribution is 0.731. The molecule has 17 heavy (non-hydrogen) atoms. The van der Waals surface area contributed by atoms with Crippen molar-refractivity contribution in [3.63, 3.8) is 0 Å². The Hall–Kier alpha value is -0.0600. The number of hydrogen-bond acceptors (Lipinski definition) is 4. The van der Waals surface area contributed by atoms with Crippen molar-refractivity contribution in [1.82, 2.24) is 10.3 Å². The number of thiazole rings is 1. The van der Waals surface area contributed by atoms with E-state index >= 15 is 0 Å². The van der Waals surface area contributed by atoms with Crippen molar-refractivity contribution in [1.29, 1.82) is 0 Å². The van der Waals surface area contributed by atoms with Gasteiger partial charge in [-0.3, -0.25) is 0 Å². The fraction of sp³-hybridized carbons (Fsp3) is 0.769. The van der Waals surface area contributed by atoms with Crippen LogP contribution in [0.2, 0.25) is 0 Å². The molecule has 1 aliphatic carbocycles. The van der Waals surface area contributed by atoms with E-state index in [1.165, 1.54) is 41.3 Å². The maximum absolute atomic E-state index is 4.68. The number of nitrogens with one attached hydrogen (secondary N) is 1. The van der Waals surface area contributed by atoms with Crippen LogP contribution in [0.25, 0.3) is 0 Å². The number of hydrogen-bond donors (Lipinski definition) is 1. The van der Waals surface area contributed by atoms with E-state index in [2.05, 4.69) is 35.9 Å². The summed E-state index contributed by atoms with van der Waals surface area (Å²) in [7, 11) is 0. The quantitative estimate of drug-likeness (QED) is 0.852. The number of rotatable bonds is 6. The molecule has 0 atom stereocenters. The monoisotopic (exact) mass is 270 g/mol. The van der Waals surface area contributed by atoms with Gasteiger partial charge >= 0.3 is 0 Å². The standard InChI is InChI=1S/C13H22N2S2/c1-3-14-8-12-10(2)15-13(17-12)9-16-11-6-4-5-7-11/h11,14H,3-9H2,1-2H3. The lowest BCUT2D eigenvalue weighted by Gasteiger charge is -2.05. The second-order valence-electron chi connectivity index (χ2n) is 4.61. The van der Waals surface area contributed by atoms with Crippen LogP contribution in [0.3, 0.4) is 0 Å². The van der Waals surface area contributed by atoms with Gasteiger partial charge in [0, 0.05) is 22.4 Å². The Labute approximate surface area is 113 Å². The summed E-state index contributed by atoms with van der Waals surface area (Å²) in [6, 6.07) is 0. The predicted octanol–water partition coefficient (Wildman–Crippen LogP) is 3.74. The molecule has 1 aromatic heterocycles. The van der Waals surface area contributed by atoms with E-state index in [4.69, 9.17) is 0 Å². The number of aromatic nitrogens is 1. The summed E-state index contributed by atoms with van der Waals surface area (Å²) >= 11 is 4.00. The molecule has 96 valence electrons. The van der Waals surface area contributed by atoms with Gasteiger partial charge in [-0.2, -0.15) is 11.8 Å². The minimum Gasteiger partial charge on any atom is -0.312 e. The average molecular weight is 270 g/mol. The molecule has 1 heterocycles. The van der Waals surface area contributed by atoms with Crippen molar-refractivity contribution in [3.05, 3.63) is 15.6 Å². The first-order valence-corrected chi connectivity index (χ1v) is 8.43. The minimum atomic E-state index is 0.899. The van der Waals surface area contributed by atoms with Crippen LogP contribution in [-0.2, 0) is 12.3 Å². The molecule has 2 rings (SSSR count). The van der Waals surface area contributed by atoms with Crippen molar-refractivity contribution < 1.29 is 0 Å². The van der Waals surface area contributed by atoms with Crippen molar-refractivity contribution in [2.45, 2.75) is 57.1 Å². The molecule has 0 saturated heterocycles. The van der Waals surface area contributed by atoms with Gasteiger partial charge in [-0.1, -0.05) is 19.8 Å². The van der Waals surface area contributed by atoms with Crippen LogP contribution >= 0.6 is 23.1 Å². The molecule has 0 radical (unpaired) electrons. The van der Waals surface area contributed by atoms with Crippen LogP contribution < -0.4 is 5.32 Å². The average Bonchev–Trinajstić information content (AvgIpc) is 2.93. The van der Waals surface area contributed by atoms with Crippen LogP contribution in [0.5, 0.6) is 0 Å². The molecule has 1 aliphatic rings. The predicted molar refractivity (Wildman–Crippen MR) is 77.8 cm³/mol. The lowest BCUT2D eigenvalue weighted by atomic mass is 10.4. The topological polar surface area (TPSA) is 24.9 Å².